The van der Waals surface area contributed by atoms with E-state index < -0.39 is 21.9 Å². The Morgan fingerprint density at radius 3 is 2.70 bits per heavy atom. The van der Waals surface area contributed by atoms with E-state index in [0.29, 0.717) is 11.3 Å². The summed E-state index contributed by atoms with van der Waals surface area (Å²) >= 11 is 1.45. The van der Waals surface area contributed by atoms with Crippen LogP contribution in [-0.4, -0.2) is 26.0 Å². The Hall–Kier alpha value is -0.920. The van der Waals surface area contributed by atoms with Crippen molar-refractivity contribution in [2.75, 3.05) is 6.54 Å². The van der Waals surface area contributed by atoms with E-state index in [4.69, 9.17) is 5.11 Å². The largest absolute Gasteiger partial charge is 0.481 e. The van der Waals surface area contributed by atoms with Gasteiger partial charge in [-0.3, -0.25) is 4.79 Å². The van der Waals surface area contributed by atoms with Gasteiger partial charge >= 0.3 is 5.97 Å². The van der Waals surface area contributed by atoms with Crippen molar-refractivity contribution in [2.24, 2.45) is 11.8 Å². The summed E-state index contributed by atoms with van der Waals surface area (Å²) < 4.78 is 27.1. The van der Waals surface area contributed by atoms with Crippen LogP contribution >= 0.6 is 11.3 Å². The summed E-state index contributed by atoms with van der Waals surface area (Å²) in [5, 5.41) is 9.10. The maximum Gasteiger partial charge on any atom is 0.306 e. The molecule has 2 rings (SSSR count). The van der Waals surface area contributed by atoms with Crippen LogP contribution in [0.2, 0.25) is 0 Å². The third-order valence-electron chi connectivity index (χ3n) is 3.80. The molecule has 0 radical (unpaired) electrons. The lowest BCUT2D eigenvalue weighted by Gasteiger charge is -2.16. The van der Waals surface area contributed by atoms with Crippen molar-refractivity contribution in [3.05, 3.63) is 15.8 Å². The molecule has 1 saturated carbocycles. The number of carboxylic acid groups (broad SMARTS) is 1. The van der Waals surface area contributed by atoms with Gasteiger partial charge in [-0.05, 0) is 38.7 Å². The number of thiophene rings is 1. The Morgan fingerprint density at radius 1 is 1.45 bits per heavy atom. The first-order valence-corrected chi connectivity index (χ1v) is 8.90. The monoisotopic (exact) mass is 317 g/mol. The maximum absolute atomic E-state index is 12.2. The van der Waals surface area contributed by atoms with E-state index in [1.807, 2.05) is 6.92 Å². The highest BCUT2D eigenvalue weighted by atomic mass is 32.2. The van der Waals surface area contributed by atoms with Crippen molar-refractivity contribution >= 4 is 27.3 Å². The average molecular weight is 317 g/mol. The van der Waals surface area contributed by atoms with Gasteiger partial charge in [0.1, 0.15) is 0 Å². The van der Waals surface area contributed by atoms with E-state index >= 15 is 0 Å². The molecule has 1 aromatic rings. The molecule has 0 saturated heterocycles. The molecule has 0 amide bonds. The molecule has 2 N–H and O–H groups in total. The molecule has 0 bridgehead atoms. The lowest BCUT2D eigenvalue weighted by atomic mass is 9.97. The van der Waals surface area contributed by atoms with Gasteiger partial charge in [0.2, 0.25) is 10.0 Å². The minimum absolute atomic E-state index is 0.109. The number of carbonyl (C=O) groups is 1. The zero-order valence-electron chi connectivity index (χ0n) is 11.5. The topological polar surface area (TPSA) is 83.5 Å². The SMILES string of the molecule is Cc1cc(S(=O)(=O)NCC2CCCC2C(=O)O)c(C)s1. The Labute approximate surface area is 123 Å². The van der Waals surface area contributed by atoms with Crippen molar-refractivity contribution < 1.29 is 18.3 Å². The summed E-state index contributed by atoms with van der Waals surface area (Å²) in [6, 6.07) is 1.66. The van der Waals surface area contributed by atoms with Crippen LogP contribution in [0.4, 0.5) is 0 Å². The summed E-state index contributed by atoms with van der Waals surface area (Å²) in [5.41, 5.74) is 0. The zero-order valence-corrected chi connectivity index (χ0v) is 13.2. The number of nitrogens with one attached hydrogen (secondary N) is 1. The Balaban J connectivity index is 2.06. The second-order valence-electron chi connectivity index (χ2n) is 5.27. The predicted octanol–water partition coefficient (Wildman–Crippen LogP) is 2.14. The second kappa shape index (κ2) is 5.83. The zero-order chi connectivity index (χ0) is 14.9. The quantitative estimate of drug-likeness (QED) is 0.871. The number of aryl methyl sites for hydroxylation is 2. The number of hydrogen-bond donors (Lipinski definition) is 2. The van der Waals surface area contributed by atoms with E-state index in [-0.39, 0.29) is 12.5 Å². The van der Waals surface area contributed by atoms with Crippen molar-refractivity contribution in [3.8, 4) is 0 Å². The van der Waals surface area contributed by atoms with Gasteiger partial charge in [-0.2, -0.15) is 0 Å². The molecule has 1 fully saturated rings. The molecule has 7 heteroatoms. The maximum atomic E-state index is 12.2. The highest BCUT2D eigenvalue weighted by Gasteiger charge is 2.33. The van der Waals surface area contributed by atoms with Crippen LogP contribution in [0, 0.1) is 25.7 Å². The van der Waals surface area contributed by atoms with Crippen LogP contribution in [0.1, 0.15) is 29.0 Å². The first kappa shape index (κ1) is 15.5. The van der Waals surface area contributed by atoms with Crippen LogP contribution in [0.5, 0.6) is 0 Å². The molecule has 1 aliphatic carbocycles. The summed E-state index contributed by atoms with van der Waals surface area (Å²) in [4.78, 5) is 13.1. The van der Waals surface area contributed by atoms with E-state index in [9.17, 15) is 13.2 Å². The molecule has 5 nitrogen and oxygen atoms in total. The van der Waals surface area contributed by atoms with Gasteiger partial charge in [0.25, 0.3) is 0 Å². The van der Waals surface area contributed by atoms with Gasteiger partial charge in [0.05, 0.1) is 10.8 Å². The molecule has 0 aliphatic heterocycles. The normalized spacial score (nSPS) is 23.1. The Bertz CT molecular complexity index is 606. The second-order valence-corrected chi connectivity index (χ2v) is 8.46. The van der Waals surface area contributed by atoms with Crippen molar-refractivity contribution in [1.82, 2.24) is 4.72 Å². The van der Waals surface area contributed by atoms with Gasteiger partial charge in [-0.1, -0.05) is 6.42 Å². The van der Waals surface area contributed by atoms with Crippen molar-refractivity contribution in [3.63, 3.8) is 0 Å². The van der Waals surface area contributed by atoms with Crippen LogP contribution < -0.4 is 4.72 Å². The van der Waals surface area contributed by atoms with Gasteiger partial charge in [-0.25, -0.2) is 13.1 Å². The smallest absolute Gasteiger partial charge is 0.306 e. The minimum Gasteiger partial charge on any atom is -0.481 e. The molecular formula is C13H19NO4S2. The lowest BCUT2D eigenvalue weighted by Crippen LogP contribution is -2.33. The van der Waals surface area contributed by atoms with Gasteiger partial charge in [0.15, 0.2) is 0 Å². The molecule has 1 heterocycles. The number of rotatable bonds is 5. The standard InChI is InChI=1S/C13H19NO4S2/c1-8-6-12(9(2)19-8)20(17,18)14-7-10-4-3-5-11(10)13(15)16/h6,10-11,14H,3-5,7H2,1-2H3,(H,15,16). The molecule has 112 valence electrons. The lowest BCUT2D eigenvalue weighted by molar-refractivity contribution is -0.142. The average Bonchev–Trinajstić information content (AvgIpc) is 2.93. The fourth-order valence-electron chi connectivity index (χ4n) is 2.78. The van der Waals surface area contributed by atoms with E-state index in [2.05, 4.69) is 4.72 Å². The molecule has 2 unspecified atom stereocenters. The fraction of sp³-hybridized carbons (Fsp3) is 0.615. The van der Waals surface area contributed by atoms with Crippen LogP contribution in [0.3, 0.4) is 0 Å². The third-order valence-corrected chi connectivity index (χ3v) is 6.44. The van der Waals surface area contributed by atoms with E-state index in [1.54, 1.807) is 13.0 Å². The molecule has 1 aromatic heterocycles. The van der Waals surface area contributed by atoms with Crippen LogP contribution in [0.25, 0.3) is 0 Å². The molecule has 1 aliphatic rings. The Morgan fingerprint density at radius 2 is 2.15 bits per heavy atom. The number of sulfonamides is 1. The van der Waals surface area contributed by atoms with Crippen molar-refractivity contribution in [2.45, 2.75) is 38.0 Å². The highest BCUT2D eigenvalue weighted by Crippen LogP contribution is 2.32. The molecule has 0 spiro atoms. The first-order chi connectivity index (χ1) is 9.31. The predicted molar refractivity (Wildman–Crippen MR) is 77.4 cm³/mol. The van der Waals surface area contributed by atoms with Gasteiger partial charge in [0, 0.05) is 16.3 Å². The Kier molecular flexibility index (Phi) is 4.51. The van der Waals surface area contributed by atoms with E-state index in [0.717, 1.165) is 22.6 Å². The molecule has 2 atom stereocenters. The number of aliphatic carboxylic acids is 1. The van der Waals surface area contributed by atoms with Gasteiger partial charge in [-0.15, -0.1) is 11.3 Å². The first-order valence-electron chi connectivity index (χ1n) is 6.61. The number of carboxylic acids is 1. The third kappa shape index (κ3) is 3.21. The van der Waals surface area contributed by atoms with Gasteiger partial charge < -0.3 is 5.11 Å². The van der Waals surface area contributed by atoms with Crippen LogP contribution in [-0.2, 0) is 14.8 Å². The van der Waals surface area contributed by atoms with Crippen molar-refractivity contribution in [1.29, 1.82) is 0 Å². The summed E-state index contributed by atoms with van der Waals surface area (Å²) in [7, 11) is -3.54. The van der Waals surface area contributed by atoms with Crippen LogP contribution in [0.15, 0.2) is 11.0 Å². The number of hydrogen-bond acceptors (Lipinski definition) is 4. The molecule has 20 heavy (non-hydrogen) atoms. The summed E-state index contributed by atoms with van der Waals surface area (Å²) in [6.07, 6.45) is 2.25. The fourth-order valence-corrected chi connectivity index (χ4v) is 5.42. The highest BCUT2D eigenvalue weighted by molar-refractivity contribution is 7.89. The summed E-state index contributed by atoms with van der Waals surface area (Å²) in [5.74, 6) is -1.36. The molecular weight excluding hydrogens is 298 g/mol. The minimum atomic E-state index is -3.54. The van der Waals surface area contributed by atoms with E-state index in [1.165, 1.54) is 11.3 Å². The summed E-state index contributed by atoms with van der Waals surface area (Å²) in [6.45, 7) is 3.85. The molecule has 0 aromatic carbocycles.